The maximum atomic E-state index is 2.31. The molecule has 0 aromatic heterocycles. The summed E-state index contributed by atoms with van der Waals surface area (Å²) < 4.78 is 1.54. The summed E-state index contributed by atoms with van der Waals surface area (Å²) in [7, 11) is 0. The fraction of sp³-hybridized carbons (Fsp3) is 1.00. The summed E-state index contributed by atoms with van der Waals surface area (Å²) in [5, 5.41) is 0. The van der Waals surface area contributed by atoms with Crippen LogP contribution in [0, 0.1) is 5.92 Å². The Hall–Kier alpha value is 1.00. The molecule has 0 aliphatic carbocycles. The number of hydrogen-bond donors (Lipinski definition) is 0. The summed E-state index contributed by atoms with van der Waals surface area (Å²) in [5.74, 6) is 1.09. The third kappa shape index (κ3) is 15.2. The van der Waals surface area contributed by atoms with Crippen LogP contribution in [-0.2, 0) is 0 Å². The normalized spacial score (nSPS) is 12.8. The Bertz CT molecular complexity index is 156. The van der Waals surface area contributed by atoms with Crippen molar-refractivity contribution in [3.05, 3.63) is 0 Å². The van der Waals surface area contributed by atoms with Crippen LogP contribution in [0.15, 0.2) is 0 Å². The van der Waals surface area contributed by atoms with Gasteiger partial charge < -0.3 is 0 Å². The fourth-order valence-corrected chi connectivity index (χ4v) is 3.80. The molecule has 1 unspecified atom stereocenters. The number of unbranched alkanes of at least 4 members (excludes halogenated alkanes) is 10. The first-order valence-electron chi connectivity index (χ1n) is 9.35. The van der Waals surface area contributed by atoms with Crippen molar-refractivity contribution in [1.29, 1.82) is 0 Å². The van der Waals surface area contributed by atoms with Gasteiger partial charge in [0.25, 0.3) is 0 Å². The Morgan fingerprint density at radius 1 is 0.579 bits per heavy atom. The molecule has 0 aliphatic rings. The zero-order valence-corrected chi connectivity index (χ0v) is 16.2. The molecule has 0 aromatic rings. The predicted molar refractivity (Wildman–Crippen MR) is 90.0 cm³/mol. The SMILES string of the molecule is CCCCCCCCCCC([CH2][Na])CCCCCC. The van der Waals surface area contributed by atoms with Crippen LogP contribution >= 0.6 is 0 Å². The molecular weight excluding hydrogens is 239 g/mol. The van der Waals surface area contributed by atoms with Gasteiger partial charge in [0.15, 0.2) is 0 Å². The minimum absolute atomic E-state index is 1.09. The zero-order valence-electron chi connectivity index (χ0n) is 14.2. The van der Waals surface area contributed by atoms with Crippen molar-refractivity contribution >= 4 is 27.9 Å². The van der Waals surface area contributed by atoms with Gasteiger partial charge in [0, 0.05) is 0 Å². The van der Waals surface area contributed by atoms with E-state index in [-0.39, 0.29) is 0 Å². The average molecular weight is 276 g/mol. The summed E-state index contributed by atoms with van der Waals surface area (Å²) in [6, 6.07) is 0. The van der Waals surface area contributed by atoms with Gasteiger partial charge in [0.1, 0.15) is 0 Å². The van der Waals surface area contributed by atoms with Crippen molar-refractivity contribution in [3.63, 3.8) is 0 Å². The Balaban J connectivity index is 3.26. The molecule has 0 aliphatic heterocycles. The molecule has 1 heteroatoms. The second-order valence-corrected chi connectivity index (χ2v) is 7.20. The first-order valence-corrected chi connectivity index (χ1v) is 10.8. The Labute approximate surface area is 140 Å². The van der Waals surface area contributed by atoms with E-state index in [2.05, 4.69) is 13.8 Å². The Morgan fingerprint density at radius 2 is 0.947 bits per heavy atom. The van der Waals surface area contributed by atoms with Crippen LogP contribution in [0.2, 0.25) is 3.67 Å². The van der Waals surface area contributed by atoms with Gasteiger partial charge in [-0.2, -0.15) is 0 Å². The second-order valence-electron chi connectivity index (χ2n) is 6.39. The van der Waals surface area contributed by atoms with Crippen molar-refractivity contribution in [1.82, 2.24) is 0 Å². The van der Waals surface area contributed by atoms with Crippen molar-refractivity contribution in [2.24, 2.45) is 5.92 Å². The molecule has 0 N–H and O–H groups in total. The summed E-state index contributed by atoms with van der Waals surface area (Å²) >= 11 is 1.41. The molecule has 0 heterocycles. The van der Waals surface area contributed by atoms with E-state index in [0.717, 1.165) is 5.92 Å². The summed E-state index contributed by atoms with van der Waals surface area (Å²) in [6.07, 6.45) is 20.6. The van der Waals surface area contributed by atoms with Crippen LogP contribution in [0.4, 0.5) is 0 Å². The van der Waals surface area contributed by atoms with E-state index >= 15 is 0 Å². The van der Waals surface area contributed by atoms with Crippen molar-refractivity contribution < 1.29 is 0 Å². The molecule has 0 saturated carbocycles. The topological polar surface area (TPSA) is 0 Å². The van der Waals surface area contributed by atoms with Gasteiger partial charge >= 0.3 is 141 Å². The third-order valence-corrected chi connectivity index (χ3v) is 5.66. The van der Waals surface area contributed by atoms with E-state index in [1.54, 1.807) is 3.67 Å². The van der Waals surface area contributed by atoms with Crippen molar-refractivity contribution in [2.75, 3.05) is 0 Å². The molecule has 1 atom stereocenters. The van der Waals surface area contributed by atoms with E-state index in [0.29, 0.717) is 0 Å². The minimum atomic E-state index is 1.09. The molecule has 0 fully saturated rings. The zero-order chi connectivity index (χ0) is 14.2. The molecule has 0 amide bonds. The van der Waals surface area contributed by atoms with E-state index in [1.807, 2.05) is 0 Å². The predicted octanol–water partition coefficient (Wildman–Crippen LogP) is 6.69. The van der Waals surface area contributed by atoms with Crippen LogP contribution in [-0.4, -0.2) is 27.9 Å². The molecule has 0 spiro atoms. The van der Waals surface area contributed by atoms with Crippen LogP contribution in [0.5, 0.6) is 0 Å². The van der Waals surface area contributed by atoms with E-state index in [9.17, 15) is 0 Å². The fourth-order valence-electron chi connectivity index (χ4n) is 2.98. The van der Waals surface area contributed by atoms with Crippen LogP contribution in [0.1, 0.15) is 104 Å². The molecule has 0 aromatic carbocycles. The number of hydrogen-bond acceptors (Lipinski definition) is 0. The third-order valence-electron chi connectivity index (χ3n) is 4.51. The molecule has 0 rings (SSSR count). The van der Waals surface area contributed by atoms with Gasteiger partial charge in [0.2, 0.25) is 0 Å². The van der Waals surface area contributed by atoms with Crippen molar-refractivity contribution in [3.8, 4) is 0 Å². The van der Waals surface area contributed by atoms with Crippen LogP contribution in [0.3, 0.4) is 0 Å². The molecular formula is C18H37Na. The monoisotopic (exact) mass is 276 g/mol. The van der Waals surface area contributed by atoms with Crippen LogP contribution < -0.4 is 0 Å². The molecule has 0 nitrogen and oxygen atoms in total. The quantitative estimate of drug-likeness (QED) is 0.231. The van der Waals surface area contributed by atoms with E-state index < -0.39 is 0 Å². The Morgan fingerprint density at radius 3 is 1.37 bits per heavy atom. The summed E-state index contributed by atoms with van der Waals surface area (Å²) in [5.41, 5.74) is 0. The molecule has 0 bridgehead atoms. The molecule has 110 valence electrons. The van der Waals surface area contributed by atoms with E-state index in [4.69, 9.17) is 0 Å². The molecule has 0 radical (unpaired) electrons. The summed E-state index contributed by atoms with van der Waals surface area (Å²) in [6.45, 7) is 4.61. The first-order chi connectivity index (χ1) is 9.35. The average Bonchev–Trinajstić information content (AvgIpc) is 2.44. The van der Waals surface area contributed by atoms with E-state index in [1.165, 1.54) is 118 Å². The van der Waals surface area contributed by atoms with Gasteiger partial charge in [-0.1, -0.05) is 0 Å². The molecule has 19 heavy (non-hydrogen) atoms. The van der Waals surface area contributed by atoms with Gasteiger partial charge in [-0.15, -0.1) is 0 Å². The van der Waals surface area contributed by atoms with Gasteiger partial charge in [-0.25, -0.2) is 0 Å². The van der Waals surface area contributed by atoms with Crippen molar-refractivity contribution in [2.45, 2.75) is 107 Å². The van der Waals surface area contributed by atoms with Crippen LogP contribution in [0.25, 0.3) is 0 Å². The molecule has 0 saturated heterocycles. The van der Waals surface area contributed by atoms with Gasteiger partial charge in [-0.05, 0) is 0 Å². The summed E-state index contributed by atoms with van der Waals surface area (Å²) in [4.78, 5) is 0. The first kappa shape index (κ1) is 20.0. The maximum absolute atomic E-state index is 2.31. The van der Waals surface area contributed by atoms with Gasteiger partial charge in [-0.3, -0.25) is 0 Å². The van der Waals surface area contributed by atoms with Gasteiger partial charge in [0.05, 0.1) is 0 Å². The Kier molecular flexibility index (Phi) is 18.0. The number of rotatable bonds is 15. The second kappa shape index (κ2) is 17.1. The standard InChI is InChI=1S/C18H37.Na/c1-4-6-8-10-11-12-13-15-17-18(3)16-14-9-7-5-2;/h18H,3-17H2,1-2H3;.